The second-order valence-corrected chi connectivity index (χ2v) is 8.43. The highest BCUT2D eigenvalue weighted by Gasteiger charge is 2.23. The first-order valence-electron chi connectivity index (χ1n) is 7.51. The number of ether oxygens (including phenoxy) is 1. The van der Waals surface area contributed by atoms with Crippen molar-refractivity contribution >= 4 is 44.8 Å². The summed E-state index contributed by atoms with van der Waals surface area (Å²) in [6.07, 6.45) is 0. The predicted molar refractivity (Wildman–Crippen MR) is 102 cm³/mol. The summed E-state index contributed by atoms with van der Waals surface area (Å²) in [6.45, 7) is 1.43. The van der Waals surface area contributed by atoms with Crippen LogP contribution < -0.4 is 10.1 Å². The van der Waals surface area contributed by atoms with Gasteiger partial charge in [-0.3, -0.25) is 4.79 Å². The molecule has 26 heavy (non-hydrogen) atoms. The normalized spacial score (nSPS) is 11.5. The quantitative estimate of drug-likeness (QED) is 0.776. The molecule has 0 aromatic heterocycles. The lowest BCUT2D eigenvalue weighted by Crippen LogP contribution is -2.26. The second-order valence-electron chi connectivity index (χ2n) is 5.54. The monoisotopic (exact) mass is 416 g/mol. The van der Waals surface area contributed by atoms with Crippen molar-refractivity contribution in [2.45, 2.75) is 18.4 Å². The molecule has 2 aromatic rings. The van der Waals surface area contributed by atoms with Gasteiger partial charge in [-0.25, -0.2) is 8.42 Å². The zero-order valence-corrected chi connectivity index (χ0v) is 16.7. The molecule has 0 saturated carbocycles. The number of hydrogen-bond acceptors (Lipinski definition) is 4. The van der Waals surface area contributed by atoms with E-state index in [1.807, 2.05) is 0 Å². The molecule has 0 heterocycles. The zero-order valence-electron chi connectivity index (χ0n) is 14.4. The first kappa shape index (κ1) is 20.5. The highest BCUT2D eigenvalue weighted by Crippen LogP contribution is 2.30. The molecule has 0 unspecified atom stereocenters. The lowest BCUT2D eigenvalue weighted by atomic mass is 10.2. The van der Waals surface area contributed by atoms with E-state index in [4.69, 9.17) is 27.9 Å². The molecular formula is C17H18Cl2N2O4S. The molecule has 0 bridgehead atoms. The van der Waals surface area contributed by atoms with E-state index in [2.05, 4.69) is 5.32 Å². The maximum atomic E-state index is 12.8. The summed E-state index contributed by atoms with van der Waals surface area (Å²) in [6, 6.07) is 9.13. The lowest BCUT2D eigenvalue weighted by Gasteiger charge is -2.19. The van der Waals surface area contributed by atoms with E-state index in [0.29, 0.717) is 21.3 Å². The van der Waals surface area contributed by atoms with Crippen LogP contribution in [0.1, 0.15) is 12.5 Å². The fourth-order valence-electron chi connectivity index (χ4n) is 2.28. The van der Waals surface area contributed by atoms with Crippen LogP contribution in [-0.2, 0) is 21.4 Å². The van der Waals surface area contributed by atoms with Crippen molar-refractivity contribution in [3.05, 3.63) is 52.0 Å². The molecule has 0 fully saturated rings. The van der Waals surface area contributed by atoms with Gasteiger partial charge in [0.05, 0.1) is 17.7 Å². The largest absolute Gasteiger partial charge is 0.495 e. The summed E-state index contributed by atoms with van der Waals surface area (Å²) >= 11 is 12.0. The number of amides is 1. The van der Waals surface area contributed by atoms with Gasteiger partial charge in [-0.05, 0) is 29.8 Å². The zero-order chi connectivity index (χ0) is 19.5. The van der Waals surface area contributed by atoms with E-state index >= 15 is 0 Å². The van der Waals surface area contributed by atoms with Crippen LogP contribution in [0.25, 0.3) is 0 Å². The number of nitrogens with zero attached hydrogens (tertiary/aromatic N) is 1. The van der Waals surface area contributed by atoms with Crippen molar-refractivity contribution < 1.29 is 17.9 Å². The fourth-order valence-corrected chi connectivity index (χ4v) is 3.91. The number of anilines is 1. The third-order valence-corrected chi connectivity index (χ3v) is 5.99. The maximum Gasteiger partial charge on any atom is 0.243 e. The van der Waals surface area contributed by atoms with Gasteiger partial charge in [-0.1, -0.05) is 29.3 Å². The van der Waals surface area contributed by atoms with E-state index in [0.717, 1.165) is 0 Å². The van der Waals surface area contributed by atoms with Crippen LogP contribution >= 0.6 is 23.2 Å². The Labute approximate surface area is 162 Å². The van der Waals surface area contributed by atoms with E-state index in [-0.39, 0.29) is 23.1 Å². The van der Waals surface area contributed by atoms with Gasteiger partial charge >= 0.3 is 0 Å². The van der Waals surface area contributed by atoms with Gasteiger partial charge in [0.15, 0.2) is 0 Å². The highest BCUT2D eigenvalue weighted by molar-refractivity contribution is 7.89. The smallest absolute Gasteiger partial charge is 0.243 e. The van der Waals surface area contributed by atoms with Crippen LogP contribution in [-0.4, -0.2) is 32.8 Å². The molecule has 6 nitrogen and oxygen atoms in total. The predicted octanol–water partition coefficient (Wildman–Crippen LogP) is 3.78. The summed E-state index contributed by atoms with van der Waals surface area (Å²) in [5.74, 6) is -0.0346. The van der Waals surface area contributed by atoms with Crippen LogP contribution in [0, 0.1) is 0 Å². The molecule has 1 amide bonds. The van der Waals surface area contributed by atoms with Crippen LogP contribution in [0.15, 0.2) is 41.3 Å². The Morgan fingerprint density at radius 1 is 1.19 bits per heavy atom. The molecule has 2 rings (SSSR count). The minimum absolute atomic E-state index is 0.0380. The minimum atomic E-state index is -3.79. The summed E-state index contributed by atoms with van der Waals surface area (Å²) in [4.78, 5) is 11.3. The molecule has 0 radical (unpaired) electrons. The van der Waals surface area contributed by atoms with Crippen molar-refractivity contribution in [3.8, 4) is 5.75 Å². The fraction of sp³-hybridized carbons (Fsp3) is 0.235. The second kappa shape index (κ2) is 8.26. The SMILES string of the molecule is COc1cc(S(=O)(=O)N(C)Cc2ccc(Cl)cc2Cl)ccc1NC(C)=O. The standard InChI is InChI=1S/C17H18Cl2N2O4S/c1-11(22)20-16-7-6-14(9-17(16)25-3)26(23,24)21(2)10-12-4-5-13(18)8-15(12)19/h4-9H,10H2,1-3H3,(H,20,22). The first-order chi connectivity index (χ1) is 12.1. The number of carbonyl (C=O) groups is 1. The molecule has 1 N–H and O–H groups in total. The van der Waals surface area contributed by atoms with Crippen LogP contribution in [0.4, 0.5) is 5.69 Å². The number of rotatable bonds is 6. The molecule has 0 atom stereocenters. The van der Waals surface area contributed by atoms with Crippen molar-refractivity contribution in [1.82, 2.24) is 4.31 Å². The Morgan fingerprint density at radius 3 is 2.46 bits per heavy atom. The molecule has 0 aliphatic carbocycles. The summed E-state index contributed by atoms with van der Waals surface area (Å²) in [5, 5.41) is 3.44. The van der Waals surface area contributed by atoms with Gasteiger partial charge in [0.25, 0.3) is 0 Å². The molecule has 140 valence electrons. The topological polar surface area (TPSA) is 75.7 Å². The van der Waals surface area contributed by atoms with Gasteiger partial charge < -0.3 is 10.1 Å². The van der Waals surface area contributed by atoms with Gasteiger partial charge in [-0.15, -0.1) is 0 Å². The molecule has 0 saturated heterocycles. The van der Waals surface area contributed by atoms with Crippen LogP contribution in [0.5, 0.6) is 5.75 Å². The van der Waals surface area contributed by atoms with Crippen molar-refractivity contribution in [2.24, 2.45) is 0 Å². The Hall–Kier alpha value is -1.80. The summed E-state index contributed by atoms with van der Waals surface area (Å²) in [7, 11) is -0.943. The third kappa shape index (κ3) is 4.67. The minimum Gasteiger partial charge on any atom is -0.495 e. The highest BCUT2D eigenvalue weighted by atomic mass is 35.5. The number of hydrogen-bond donors (Lipinski definition) is 1. The Balaban J connectivity index is 2.32. The van der Waals surface area contributed by atoms with Crippen molar-refractivity contribution in [2.75, 3.05) is 19.5 Å². The Morgan fingerprint density at radius 2 is 1.88 bits per heavy atom. The summed E-state index contributed by atoms with van der Waals surface area (Å²) in [5.41, 5.74) is 1.02. The molecule has 0 aliphatic rings. The van der Waals surface area contributed by atoms with Crippen LogP contribution in [0.3, 0.4) is 0 Å². The van der Waals surface area contributed by atoms with Crippen LogP contribution in [0.2, 0.25) is 10.0 Å². The molecule has 0 aliphatic heterocycles. The molecule has 0 spiro atoms. The Bertz CT molecular complexity index is 932. The Kier molecular flexibility index (Phi) is 6.52. The van der Waals surface area contributed by atoms with E-state index in [9.17, 15) is 13.2 Å². The number of halogens is 2. The lowest BCUT2D eigenvalue weighted by molar-refractivity contribution is -0.114. The van der Waals surface area contributed by atoms with Crippen molar-refractivity contribution in [1.29, 1.82) is 0 Å². The summed E-state index contributed by atoms with van der Waals surface area (Å²) < 4.78 is 32.0. The molecule has 2 aromatic carbocycles. The maximum absolute atomic E-state index is 12.8. The first-order valence-corrected chi connectivity index (χ1v) is 9.70. The average Bonchev–Trinajstić information content (AvgIpc) is 2.56. The van der Waals surface area contributed by atoms with E-state index < -0.39 is 10.0 Å². The number of sulfonamides is 1. The van der Waals surface area contributed by atoms with Gasteiger partial charge in [0, 0.05) is 36.6 Å². The van der Waals surface area contributed by atoms with Gasteiger partial charge in [0.1, 0.15) is 5.75 Å². The molecule has 9 heteroatoms. The third-order valence-electron chi connectivity index (χ3n) is 3.60. The number of benzene rings is 2. The number of methoxy groups -OCH3 is 1. The van der Waals surface area contributed by atoms with Gasteiger partial charge in [-0.2, -0.15) is 4.31 Å². The number of carbonyl (C=O) groups excluding carboxylic acids is 1. The molecular weight excluding hydrogens is 399 g/mol. The van der Waals surface area contributed by atoms with Gasteiger partial charge in [0.2, 0.25) is 15.9 Å². The van der Waals surface area contributed by atoms with Crippen molar-refractivity contribution in [3.63, 3.8) is 0 Å². The van der Waals surface area contributed by atoms with E-state index in [1.54, 1.807) is 18.2 Å². The number of nitrogens with one attached hydrogen (secondary N) is 1. The van der Waals surface area contributed by atoms with E-state index in [1.165, 1.54) is 43.6 Å². The average molecular weight is 417 g/mol.